The third-order valence-electron chi connectivity index (χ3n) is 6.70. The van der Waals surface area contributed by atoms with Crippen LogP contribution in [0.5, 0.6) is 5.75 Å². The Morgan fingerprint density at radius 2 is 2.03 bits per heavy atom. The summed E-state index contributed by atoms with van der Waals surface area (Å²) in [5, 5.41) is 14.9. The van der Waals surface area contributed by atoms with Crippen molar-refractivity contribution in [3.63, 3.8) is 0 Å². The molecule has 1 atom stereocenters. The van der Waals surface area contributed by atoms with Crippen LogP contribution in [0.1, 0.15) is 27.2 Å². The number of furan rings is 1. The predicted molar refractivity (Wildman–Crippen MR) is 130 cm³/mol. The number of nitrogens with one attached hydrogen (secondary N) is 2. The van der Waals surface area contributed by atoms with Crippen molar-refractivity contribution in [1.29, 1.82) is 5.26 Å². The first-order chi connectivity index (χ1) is 17.9. The third-order valence-corrected chi connectivity index (χ3v) is 6.70. The van der Waals surface area contributed by atoms with E-state index in [-0.39, 0.29) is 24.8 Å². The van der Waals surface area contributed by atoms with E-state index >= 15 is 0 Å². The molecule has 2 aromatic heterocycles. The molecule has 0 spiro atoms. The molecule has 0 unspecified atom stereocenters. The van der Waals surface area contributed by atoms with Crippen molar-refractivity contribution in [2.75, 3.05) is 13.7 Å². The van der Waals surface area contributed by atoms with Crippen LogP contribution < -0.4 is 15.4 Å². The van der Waals surface area contributed by atoms with Gasteiger partial charge in [0, 0.05) is 29.3 Å². The van der Waals surface area contributed by atoms with Crippen LogP contribution in [0.15, 0.2) is 65.2 Å². The summed E-state index contributed by atoms with van der Waals surface area (Å²) in [5.41, 5.74) is 1.79. The summed E-state index contributed by atoms with van der Waals surface area (Å²) in [6.45, 7) is 0.115. The summed E-state index contributed by atoms with van der Waals surface area (Å²) < 4.78 is 11.4. The van der Waals surface area contributed by atoms with E-state index in [1.165, 1.54) is 12.0 Å². The zero-order chi connectivity index (χ0) is 25.7. The monoisotopic (exact) mass is 493 g/mol. The molecular formula is C27H19N5O5. The maximum atomic E-state index is 13.2. The average molecular weight is 493 g/mol. The zero-order valence-electron chi connectivity index (χ0n) is 19.6. The molecule has 0 saturated carbocycles. The topological polar surface area (TPSA) is 138 Å². The number of hydrogen-bond donors (Lipinski definition) is 2. The number of carbonyl (C=O) groups is 3. The normalized spacial score (nSPS) is 18.5. The van der Waals surface area contributed by atoms with E-state index in [9.17, 15) is 19.6 Å². The van der Waals surface area contributed by atoms with Gasteiger partial charge in [0.25, 0.3) is 11.8 Å². The number of methoxy groups -OCH3 is 1. The average Bonchev–Trinajstić information content (AvgIpc) is 3.57. The van der Waals surface area contributed by atoms with Gasteiger partial charge in [-0.1, -0.05) is 18.2 Å². The molecule has 2 aliphatic heterocycles. The highest BCUT2D eigenvalue weighted by atomic mass is 16.5. The molecule has 0 bridgehead atoms. The molecule has 0 aliphatic carbocycles. The van der Waals surface area contributed by atoms with Crippen molar-refractivity contribution < 1.29 is 23.5 Å². The minimum Gasteiger partial charge on any atom is -0.497 e. The van der Waals surface area contributed by atoms with Gasteiger partial charge >= 0.3 is 6.03 Å². The zero-order valence-corrected chi connectivity index (χ0v) is 19.6. The van der Waals surface area contributed by atoms with Gasteiger partial charge in [-0.3, -0.25) is 19.9 Å². The molecule has 0 radical (unpaired) electrons. The van der Waals surface area contributed by atoms with E-state index in [0.717, 1.165) is 5.56 Å². The minimum absolute atomic E-state index is 0.146. The number of urea groups is 1. The standard InChI is InChI=1S/C27H19N5O5/c1-36-18-6-5-17-13-32(24(33)19(17)10-18)14-27(25(34)30-26(35)31-27)22-11-20-21(37-22)7-8-29-23(20)16-4-2-3-15(9-16)12-28/h2-11H,13-14H2,1H3,(H2,30,31,34,35)/t27-/m0/s1. The maximum Gasteiger partial charge on any atom is 0.322 e. The number of aromatic nitrogens is 1. The molecule has 10 heteroatoms. The lowest BCUT2D eigenvalue weighted by atomic mass is 9.94. The molecule has 2 aliphatic rings. The Labute approximate surface area is 210 Å². The van der Waals surface area contributed by atoms with Crippen molar-refractivity contribution in [3.05, 3.63) is 83.2 Å². The fourth-order valence-corrected chi connectivity index (χ4v) is 4.88. The quantitative estimate of drug-likeness (QED) is 0.408. The molecule has 2 N–H and O–H groups in total. The van der Waals surface area contributed by atoms with Gasteiger partial charge in [-0.05, 0) is 42.0 Å². The summed E-state index contributed by atoms with van der Waals surface area (Å²) in [4.78, 5) is 44.8. The lowest BCUT2D eigenvalue weighted by Gasteiger charge is -2.29. The van der Waals surface area contributed by atoms with Gasteiger partial charge in [0.05, 0.1) is 31.0 Å². The number of hydrogen-bond acceptors (Lipinski definition) is 7. The summed E-state index contributed by atoms with van der Waals surface area (Å²) in [7, 11) is 1.52. The number of amides is 4. The number of rotatable bonds is 5. The summed E-state index contributed by atoms with van der Waals surface area (Å²) >= 11 is 0. The first kappa shape index (κ1) is 22.3. The Morgan fingerprint density at radius 1 is 1.16 bits per heavy atom. The van der Waals surface area contributed by atoms with Crippen LogP contribution in [0.3, 0.4) is 0 Å². The highest BCUT2D eigenvalue weighted by molar-refractivity contribution is 6.08. The lowest BCUT2D eigenvalue weighted by molar-refractivity contribution is -0.125. The molecule has 182 valence electrons. The number of carbonyl (C=O) groups excluding carboxylic acids is 3. The molecule has 4 amide bonds. The van der Waals surface area contributed by atoms with Crippen LogP contribution in [0.25, 0.3) is 22.2 Å². The SMILES string of the molecule is COc1ccc2c(c1)C(=O)N(C[C@@]1(c3cc4c(-c5cccc(C#N)c5)nccc4o3)NC(=O)NC1=O)C2. The van der Waals surface area contributed by atoms with E-state index in [4.69, 9.17) is 9.15 Å². The molecule has 2 aromatic carbocycles. The number of pyridine rings is 1. The Kier molecular flexibility index (Phi) is 4.94. The second-order valence-corrected chi connectivity index (χ2v) is 8.87. The van der Waals surface area contributed by atoms with Gasteiger partial charge < -0.3 is 19.4 Å². The van der Waals surface area contributed by atoms with Gasteiger partial charge in [-0.25, -0.2) is 4.79 Å². The van der Waals surface area contributed by atoms with Gasteiger partial charge in [0.15, 0.2) is 5.54 Å². The van der Waals surface area contributed by atoms with Crippen LogP contribution in [0.2, 0.25) is 0 Å². The van der Waals surface area contributed by atoms with Crippen LogP contribution in [-0.4, -0.2) is 41.4 Å². The Balaban J connectivity index is 1.43. The van der Waals surface area contributed by atoms with E-state index in [0.29, 0.717) is 39.1 Å². The first-order valence-corrected chi connectivity index (χ1v) is 11.4. The van der Waals surface area contributed by atoms with Gasteiger partial charge in [0.2, 0.25) is 0 Å². The Bertz CT molecular complexity index is 1670. The number of nitrogens with zero attached hydrogens (tertiary/aromatic N) is 3. The van der Waals surface area contributed by atoms with E-state index in [1.54, 1.807) is 54.7 Å². The van der Waals surface area contributed by atoms with Crippen molar-refractivity contribution in [2.24, 2.45) is 0 Å². The van der Waals surface area contributed by atoms with E-state index in [2.05, 4.69) is 21.7 Å². The van der Waals surface area contributed by atoms with Gasteiger partial charge in [-0.2, -0.15) is 5.26 Å². The number of imide groups is 1. The Morgan fingerprint density at radius 3 is 2.78 bits per heavy atom. The number of nitriles is 1. The molecule has 1 saturated heterocycles. The third kappa shape index (κ3) is 3.48. The highest BCUT2D eigenvalue weighted by Crippen LogP contribution is 2.37. The van der Waals surface area contributed by atoms with Crippen LogP contribution in [0, 0.1) is 11.3 Å². The predicted octanol–water partition coefficient (Wildman–Crippen LogP) is 3.07. The second-order valence-electron chi connectivity index (χ2n) is 8.87. The van der Waals surface area contributed by atoms with Crippen molar-refractivity contribution in [2.45, 2.75) is 12.1 Å². The fourth-order valence-electron chi connectivity index (χ4n) is 4.88. The largest absolute Gasteiger partial charge is 0.497 e. The molecule has 37 heavy (non-hydrogen) atoms. The highest BCUT2D eigenvalue weighted by Gasteiger charge is 2.53. The summed E-state index contributed by atoms with van der Waals surface area (Å²) in [6, 6.07) is 17.0. The molecule has 10 nitrogen and oxygen atoms in total. The molecular weight excluding hydrogens is 474 g/mol. The summed E-state index contributed by atoms with van der Waals surface area (Å²) in [5.74, 6) is -0.195. The number of fused-ring (bicyclic) bond motifs is 2. The number of ether oxygens (including phenoxy) is 1. The van der Waals surface area contributed by atoms with E-state index < -0.39 is 17.5 Å². The van der Waals surface area contributed by atoms with Crippen LogP contribution >= 0.6 is 0 Å². The van der Waals surface area contributed by atoms with Gasteiger partial charge in [0.1, 0.15) is 17.1 Å². The van der Waals surface area contributed by atoms with Crippen molar-refractivity contribution >= 4 is 28.8 Å². The fraction of sp³-hybridized carbons (Fsp3) is 0.148. The van der Waals surface area contributed by atoms with E-state index in [1.807, 2.05) is 6.07 Å². The molecule has 6 rings (SSSR count). The number of benzene rings is 2. The van der Waals surface area contributed by atoms with Crippen LogP contribution in [0.4, 0.5) is 4.79 Å². The second kappa shape index (κ2) is 8.20. The van der Waals surface area contributed by atoms with Gasteiger partial charge in [-0.15, -0.1) is 0 Å². The van der Waals surface area contributed by atoms with Crippen molar-refractivity contribution in [3.8, 4) is 23.1 Å². The van der Waals surface area contributed by atoms with Crippen molar-refractivity contribution in [1.82, 2.24) is 20.5 Å². The maximum absolute atomic E-state index is 13.2. The van der Waals surface area contributed by atoms with Crippen LogP contribution in [-0.2, 0) is 16.9 Å². The minimum atomic E-state index is -1.65. The smallest absolute Gasteiger partial charge is 0.322 e. The molecule has 4 heterocycles. The first-order valence-electron chi connectivity index (χ1n) is 11.4. The summed E-state index contributed by atoms with van der Waals surface area (Å²) in [6.07, 6.45) is 1.57. The molecule has 4 aromatic rings. The lowest BCUT2D eigenvalue weighted by Crippen LogP contribution is -2.52. The Hall–Kier alpha value is -5.17. The molecule has 1 fully saturated rings.